The average molecular weight is 436 g/mol. The molecule has 0 aromatic heterocycles. The standard InChI is InChI=1S/C23H33N3O3.ClH/c1-3-4-13-25-21(27)14-20(22(25)16-5-9-19(29-2)10-6-16)23(28)26-17-7-8-18(26)15-24-12-11-17;/h5-6,9-10,17-18,20,22,24H,3-4,7-8,11-15H2,1-2H3;1H. The largest absolute Gasteiger partial charge is 0.497 e. The molecule has 30 heavy (non-hydrogen) atoms. The molecule has 166 valence electrons. The maximum atomic E-state index is 13.8. The van der Waals surface area contributed by atoms with Crippen molar-refractivity contribution in [3.63, 3.8) is 0 Å². The Labute approximate surface area is 185 Å². The van der Waals surface area contributed by atoms with Crippen LogP contribution in [0.15, 0.2) is 24.3 Å². The number of carbonyl (C=O) groups is 2. The lowest BCUT2D eigenvalue weighted by molar-refractivity contribution is -0.139. The first-order valence-corrected chi connectivity index (χ1v) is 11.1. The molecule has 3 heterocycles. The van der Waals surface area contributed by atoms with Gasteiger partial charge in [0.25, 0.3) is 0 Å². The lowest BCUT2D eigenvalue weighted by Crippen LogP contribution is -2.46. The highest BCUT2D eigenvalue weighted by molar-refractivity contribution is 5.91. The zero-order valence-electron chi connectivity index (χ0n) is 18.0. The fraction of sp³-hybridized carbons (Fsp3) is 0.652. The van der Waals surface area contributed by atoms with E-state index >= 15 is 0 Å². The number of likely N-dealkylation sites (tertiary alicyclic amines) is 1. The van der Waals surface area contributed by atoms with Gasteiger partial charge in [0.05, 0.1) is 19.1 Å². The third-order valence-corrected chi connectivity index (χ3v) is 6.87. The van der Waals surface area contributed by atoms with Gasteiger partial charge in [0.1, 0.15) is 5.75 Å². The Morgan fingerprint density at radius 2 is 1.90 bits per heavy atom. The second-order valence-corrected chi connectivity index (χ2v) is 8.59. The molecule has 1 aromatic carbocycles. The molecule has 3 fully saturated rings. The average Bonchev–Trinajstić information content (AvgIpc) is 3.20. The quantitative estimate of drug-likeness (QED) is 0.745. The Morgan fingerprint density at radius 3 is 2.60 bits per heavy atom. The lowest BCUT2D eigenvalue weighted by atomic mass is 9.91. The number of hydrogen-bond donors (Lipinski definition) is 1. The van der Waals surface area contributed by atoms with E-state index in [1.54, 1.807) is 7.11 Å². The minimum absolute atomic E-state index is 0. The summed E-state index contributed by atoms with van der Waals surface area (Å²) in [7, 11) is 1.65. The van der Waals surface area contributed by atoms with E-state index in [0.29, 0.717) is 19.0 Å². The van der Waals surface area contributed by atoms with Crippen molar-refractivity contribution in [3.05, 3.63) is 29.8 Å². The first-order chi connectivity index (χ1) is 14.1. The highest BCUT2D eigenvalue weighted by atomic mass is 35.5. The van der Waals surface area contributed by atoms with Gasteiger partial charge < -0.3 is 19.9 Å². The monoisotopic (exact) mass is 435 g/mol. The molecule has 2 bridgehead atoms. The highest BCUT2D eigenvalue weighted by Crippen LogP contribution is 2.42. The van der Waals surface area contributed by atoms with Crippen LogP contribution < -0.4 is 10.1 Å². The number of ether oxygens (including phenoxy) is 1. The van der Waals surface area contributed by atoms with Gasteiger partial charge in [-0.2, -0.15) is 0 Å². The summed E-state index contributed by atoms with van der Waals surface area (Å²) in [5, 5.41) is 3.47. The van der Waals surface area contributed by atoms with Crippen LogP contribution >= 0.6 is 12.4 Å². The predicted molar refractivity (Wildman–Crippen MR) is 119 cm³/mol. The van der Waals surface area contributed by atoms with Gasteiger partial charge >= 0.3 is 0 Å². The predicted octanol–water partition coefficient (Wildman–Crippen LogP) is 3.16. The lowest BCUT2D eigenvalue weighted by Gasteiger charge is -2.34. The van der Waals surface area contributed by atoms with Crippen molar-refractivity contribution in [1.29, 1.82) is 0 Å². The molecular formula is C23H34ClN3O3. The Kier molecular flexibility index (Phi) is 7.64. The first-order valence-electron chi connectivity index (χ1n) is 11.1. The summed E-state index contributed by atoms with van der Waals surface area (Å²) >= 11 is 0. The van der Waals surface area contributed by atoms with E-state index in [1.165, 1.54) is 0 Å². The summed E-state index contributed by atoms with van der Waals surface area (Å²) in [6.45, 7) is 4.69. The molecule has 1 N–H and O–H groups in total. The van der Waals surface area contributed by atoms with Gasteiger partial charge in [-0.3, -0.25) is 9.59 Å². The maximum absolute atomic E-state index is 13.8. The SMILES string of the molecule is CCCCN1C(=O)CC(C(=O)N2C3CCNCC2CC3)C1c1ccc(OC)cc1.Cl. The zero-order valence-corrected chi connectivity index (χ0v) is 18.8. The highest BCUT2D eigenvalue weighted by Gasteiger charge is 2.49. The van der Waals surface area contributed by atoms with Crippen LogP contribution in [0, 0.1) is 5.92 Å². The molecule has 0 spiro atoms. The van der Waals surface area contributed by atoms with Gasteiger partial charge in [0.2, 0.25) is 11.8 Å². The van der Waals surface area contributed by atoms with E-state index in [9.17, 15) is 9.59 Å². The van der Waals surface area contributed by atoms with Crippen LogP contribution in [-0.2, 0) is 9.59 Å². The Bertz CT molecular complexity index is 728. The third-order valence-electron chi connectivity index (χ3n) is 6.87. The minimum atomic E-state index is -0.297. The molecule has 1 aromatic rings. The van der Waals surface area contributed by atoms with Gasteiger partial charge in [-0.05, 0) is 49.9 Å². The summed E-state index contributed by atoms with van der Waals surface area (Å²) < 4.78 is 5.30. The van der Waals surface area contributed by atoms with Crippen molar-refractivity contribution in [2.24, 2.45) is 5.92 Å². The number of fused-ring (bicyclic) bond motifs is 2. The number of unbranched alkanes of at least 4 members (excludes halogenated alkanes) is 1. The Hall–Kier alpha value is -1.79. The van der Waals surface area contributed by atoms with Gasteiger partial charge in [-0.25, -0.2) is 0 Å². The molecule has 0 saturated carbocycles. The number of methoxy groups -OCH3 is 1. The van der Waals surface area contributed by atoms with Crippen LogP contribution in [-0.4, -0.2) is 60.4 Å². The summed E-state index contributed by atoms with van der Waals surface area (Å²) in [5.41, 5.74) is 1.03. The number of amides is 2. The minimum Gasteiger partial charge on any atom is -0.497 e. The van der Waals surface area contributed by atoms with Crippen molar-refractivity contribution in [2.75, 3.05) is 26.7 Å². The molecule has 7 heteroatoms. The topological polar surface area (TPSA) is 61.9 Å². The molecule has 3 aliphatic rings. The zero-order chi connectivity index (χ0) is 20.4. The Morgan fingerprint density at radius 1 is 1.17 bits per heavy atom. The fourth-order valence-corrected chi connectivity index (χ4v) is 5.35. The van der Waals surface area contributed by atoms with E-state index in [2.05, 4.69) is 17.1 Å². The van der Waals surface area contributed by atoms with Crippen LogP contribution in [0.3, 0.4) is 0 Å². The van der Waals surface area contributed by atoms with Crippen molar-refractivity contribution < 1.29 is 14.3 Å². The van der Waals surface area contributed by atoms with E-state index in [1.807, 2.05) is 29.2 Å². The second kappa shape index (κ2) is 10.0. The molecule has 3 saturated heterocycles. The van der Waals surface area contributed by atoms with Gasteiger partial charge in [0, 0.05) is 31.6 Å². The summed E-state index contributed by atoms with van der Waals surface area (Å²) in [4.78, 5) is 30.8. The normalized spacial score (nSPS) is 28.3. The number of halogens is 1. The molecule has 2 amide bonds. The second-order valence-electron chi connectivity index (χ2n) is 8.59. The fourth-order valence-electron chi connectivity index (χ4n) is 5.35. The van der Waals surface area contributed by atoms with Crippen molar-refractivity contribution in [2.45, 2.75) is 63.6 Å². The van der Waals surface area contributed by atoms with Crippen molar-refractivity contribution in [3.8, 4) is 5.75 Å². The number of nitrogens with one attached hydrogen (secondary N) is 1. The maximum Gasteiger partial charge on any atom is 0.229 e. The van der Waals surface area contributed by atoms with Gasteiger partial charge in [-0.1, -0.05) is 25.5 Å². The number of hydrogen-bond acceptors (Lipinski definition) is 4. The molecule has 0 radical (unpaired) electrons. The number of nitrogens with zero attached hydrogens (tertiary/aromatic N) is 2. The molecular weight excluding hydrogens is 402 g/mol. The van der Waals surface area contributed by atoms with Gasteiger partial charge in [0.15, 0.2) is 0 Å². The van der Waals surface area contributed by atoms with Crippen LogP contribution in [0.5, 0.6) is 5.75 Å². The summed E-state index contributed by atoms with van der Waals surface area (Å²) in [6, 6.07) is 8.29. The van der Waals surface area contributed by atoms with Crippen LogP contribution in [0.1, 0.15) is 57.1 Å². The molecule has 3 aliphatic heterocycles. The molecule has 4 unspecified atom stereocenters. The number of carbonyl (C=O) groups excluding carboxylic acids is 2. The third kappa shape index (κ3) is 4.30. The van der Waals surface area contributed by atoms with E-state index in [4.69, 9.17) is 4.74 Å². The number of rotatable bonds is 6. The van der Waals surface area contributed by atoms with E-state index < -0.39 is 0 Å². The molecule has 0 aliphatic carbocycles. The van der Waals surface area contributed by atoms with E-state index in [0.717, 1.165) is 56.5 Å². The summed E-state index contributed by atoms with van der Waals surface area (Å²) in [5.74, 6) is 0.777. The number of benzene rings is 1. The van der Waals surface area contributed by atoms with Gasteiger partial charge in [-0.15, -0.1) is 12.4 Å². The molecule has 6 nitrogen and oxygen atoms in total. The molecule has 4 rings (SSSR count). The van der Waals surface area contributed by atoms with Crippen molar-refractivity contribution in [1.82, 2.24) is 15.1 Å². The Balaban J connectivity index is 0.00000256. The van der Waals surface area contributed by atoms with Crippen LogP contribution in [0.4, 0.5) is 0 Å². The molecule has 4 atom stereocenters. The van der Waals surface area contributed by atoms with Crippen molar-refractivity contribution >= 4 is 24.2 Å². The smallest absolute Gasteiger partial charge is 0.229 e. The van der Waals surface area contributed by atoms with Crippen LogP contribution in [0.25, 0.3) is 0 Å². The first kappa shape index (κ1) is 22.9. The van der Waals surface area contributed by atoms with E-state index in [-0.39, 0.29) is 42.2 Å². The van der Waals surface area contributed by atoms with Crippen LogP contribution in [0.2, 0.25) is 0 Å². The summed E-state index contributed by atoms with van der Waals surface area (Å²) in [6.07, 6.45) is 5.47.